The van der Waals surface area contributed by atoms with Gasteiger partial charge in [0.15, 0.2) is 0 Å². The standard InChI is InChI=1S/C14H17NO2/c1-14(2)8-10(7-11(16)9-14)15-12-5-3-4-6-13(12)17/h3-6,8,15,17H,7,9H2,1-2H3. The van der Waals surface area contributed by atoms with Crippen molar-refractivity contribution in [2.24, 2.45) is 5.41 Å². The Morgan fingerprint density at radius 2 is 2.00 bits per heavy atom. The lowest BCUT2D eigenvalue weighted by Gasteiger charge is -2.27. The topological polar surface area (TPSA) is 49.3 Å². The molecule has 3 nitrogen and oxygen atoms in total. The highest BCUT2D eigenvalue weighted by Gasteiger charge is 2.26. The van der Waals surface area contributed by atoms with Crippen molar-refractivity contribution in [1.82, 2.24) is 0 Å². The molecule has 0 saturated heterocycles. The molecule has 2 rings (SSSR count). The van der Waals surface area contributed by atoms with E-state index in [1.165, 1.54) is 0 Å². The molecule has 1 aromatic rings. The minimum atomic E-state index is -0.109. The fraction of sp³-hybridized carbons (Fsp3) is 0.357. The van der Waals surface area contributed by atoms with Crippen LogP contribution in [0.3, 0.4) is 0 Å². The number of allylic oxidation sites excluding steroid dienone is 2. The number of aromatic hydroxyl groups is 1. The first-order valence-corrected chi connectivity index (χ1v) is 5.75. The maximum absolute atomic E-state index is 11.6. The second kappa shape index (κ2) is 4.24. The van der Waals surface area contributed by atoms with Gasteiger partial charge in [0.25, 0.3) is 0 Å². The summed E-state index contributed by atoms with van der Waals surface area (Å²) in [4.78, 5) is 11.6. The van der Waals surface area contributed by atoms with Crippen LogP contribution in [0, 0.1) is 5.41 Å². The zero-order valence-electron chi connectivity index (χ0n) is 10.2. The summed E-state index contributed by atoms with van der Waals surface area (Å²) < 4.78 is 0. The Hall–Kier alpha value is -1.77. The summed E-state index contributed by atoms with van der Waals surface area (Å²) in [5, 5.41) is 12.8. The Bertz CT molecular complexity index is 475. The maximum atomic E-state index is 11.6. The largest absolute Gasteiger partial charge is 0.506 e. The van der Waals surface area contributed by atoms with Gasteiger partial charge in [0.1, 0.15) is 11.5 Å². The van der Waals surface area contributed by atoms with Crippen molar-refractivity contribution in [3.63, 3.8) is 0 Å². The lowest BCUT2D eigenvalue weighted by molar-refractivity contribution is -0.120. The van der Waals surface area contributed by atoms with Gasteiger partial charge < -0.3 is 10.4 Å². The van der Waals surface area contributed by atoms with Crippen LogP contribution in [0.25, 0.3) is 0 Å². The average Bonchev–Trinajstić information content (AvgIpc) is 2.18. The van der Waals surface area contributed by atoms with Crippen LogP contribution >= 0.6 is 0 Å². The van der Waals surface area contributed by atoms with E-state index in [2.05, 4.69) is 11.4 Å². The van der Waals surface area contributed by atoms with Gasteiger partial charge in [0.2, 0.25) is 0 Å². The van der Waals surface area contributed by atoms with E-state index in [1.807, 2.05) is 19.9 Å². The number of ketones is 1. The summed E-state index contributed by atoms with van der Waals surface area (Å²) in [6, 6.07) is 7.03. The predicted octanol–water partition coefficient (Wildman–Crippen LogP) is 3.08. The van der Waals surface area contributed by atoms with Crippen molar-refractivity contribution < 1.29 is 9.90 Å². The van der Waals surface area contributed by atoms with Crippen molar-refractivity contribution in [2.45, 2.75) is 26.7 Å². The van der Waals surface area contributed by atoms with Crippen LogP contribution < -0.4 is 5.32 Å². The summed E-state index contributed by atoms with van der Waals surface area (Å²) in [6.07, 6.45) is 3.07. The Morgan fingerprint density at radius 1 is 1.29 bits per heavy atom. The molecule has 1 aromatic carbocycles. The molecule has 0 aromatic heterocycles. The summed E-state index contributed by atoms with van der Waals surface area (Å²) in [5.41, 5.74) is 1.40. The van der Waals surface area contributed by atoms with Crippen molar-refractivity contribution in [1.29, 1.82) is 0 Å². The SMILES string of the molecule is CC1(C)C=C(Nc2ccccc2O)CC(=O)C1. The summed E-state index contributed by atoms with van der Waals surface area (Å²) >= 11 is 0. The molecular formula is C14H17NO2. The number of phenols is 1. The summed E-state index contributed by atoms with van der Waals surface area (Å²) in [6.45, 7) is 4.08. The first-order chi connectivity index (χ1) is 7.96. The van der Waals surface area contributed by atoms with Crippen molar-refractivity contribution in [2.75, 3.05) is 5.32 Å². The lowest BCUT2D eigenvalue weighted by Crippen LogP contribution is -2.23. The van der Waals surface area contributed by atoms with Gasteiger partial charge in [-0.3, -0.25) is 4.79 Å². The number of phenolic OH excluding ortho intramolecular Hbond substituents is 1. The number of benzene rings is 1. The van der Waals surface area contributed by atoms with Gasteiger partial charge >= 0.3 is 0 Å². The van der Waals surface area contributed by atoms with Crippen LogP contribution in [-0.4, -0.2) is 10.9 Å². The second-order valence-corrected chi connectivity index (χ2v) is 5.19. The molecule has 1 aliphatic carbocycles. The number of nitrogens with one attached hydrogen (secondary N) is 1. The molecule has 3 heteroatoms. The molecule has 0 unspecified atom stereocenters. The first kappa shape index (κ1) is 11.7. The molecule has 0 fully saturated rings. The normalized spacial score (nSPS) is 18.7. The van der Waals surface area contributed by atoms with Gasteiger partial charge in [-0.2, -0.15) is 0 Å². The Morgan fingerprint density at radius 3 is 2.65 bits per heavy atom. The lowest BCUT2D eigenvalue weighted by atomic mass is 9.81. The third-order valence-electron chi connectivity index (χ3n) is 2.80. The quantitative estimate of drug-likeness (QED) is 0.769. The molecule has 0 amide bonds. The van der Waals surface area contributed by atoms with E-state index in [1.54, 1.807) is 18.2 Å². The highest BCUT2D eigenvalue weighted by molar-refractivity contribution is 5.84. The van der Waals surface area contributed by atoms with E-state index in [9.17, 15) is 9.90 Å². The Balaban J connectivity index is 2.22. The summed E-state index contributed by atoms with van der Waals surface area (Å²) in [7, 11) is 0. The number of carbonyl (C=O) groups is 1. The molecule has 17 heavy (non-hydrogen) atoms. The molecule has 0 atom stereocenters. The second-order valence-electron chi connectivity index (χ2n) is 5.19. The third kappa shape index (κ3) is 2.87. The van der Waals surface area contributed by atoms with Crippen LogP contribution in [0.1, 0.15) is 26.7 Å². The molecule has 0 bridgehead atoms. The van der Waals surface area contributed by atoms with Gasteiger partial charge in [-0.05, 0) is 17.5 Å². The first-order valence-electron chi connectivity index (χ1n) is 5.75. The number of anilines is 1. The van der Waals surface area contributed by atoms with Crippen LogP contribution in [0.5, 0.6) is 5.75 Å². The van der Waals surface area contributed by atoms with E-state index >= 15 is 0 Å². The van der Waals surface area contributed by atoms with Gasteiger partial charge in [0, 0.05) is 18.5 Å². The van der Waals surface area contributed by atoms with Gasteiger partial charge in [-0.25, -0.2) is 0 Å². The number of carbonyl (C=O) groups excluding carboxylic acids is 1. The van der Waals surface area contributed by atoms with Gasteiger partial charge in [-0.1, -0.05) is 32.1 Å². The number of rotatable bonds is 2. The molecule has 0 saturated carbocycles. The summed E-state index contributed by atoms with van der Waals surface area (Å²) in [5.74, 6) is 0.430. The molecule has 0 heterocycles. The molecule has 2 N–H and O–H groups in total. The van der Waals surface area contributed by atoms with Crippen LogP contribution in [-0.2, 0) is 4.79 Å². The zero-order valence-corrected chi connectivity index (χ0v) is 10.2. The zero-order chi connectivity index (χ0) is 12.5. The minimum absolute atomic E-state index is 0.109. The van der Waals surface area contributed by atoms with E-state index in [0.29, 0.717) is 18.5 Å². The highest BCUT2D eigenvalue weighted by Crippen LogP contribution is 2.33. The Labute approximate surface area is 101 Å². The van der Waals surface area contributed by atoms with Crippen molar-refractivity contribution >= 4 is 11.5 Å². The van der Waals surface area contributed by atoms with Gasteiger partial charge in [-0.15, -0.1) is 0 Å². The number of hydrogen-bond acceptors (Lipinski definition) is 3. The highest BCUT2D eigenvalue weighted by atomic mass is 16.3. The maximum Gasteiger partial charge on any atom is 0.139 e. The minimum Gasteiger partial charge on any atom is -0.506 e. The van der Waals surface area contributed by atoms with E-state index in [4.69, 9.17) is 0 Å². The molecule has 0 aliphatic heterocycles. The van der Waals surface area contributed by atoms with Crippen molar-refractivity contribution in [3.05, 3.63) is 36.0 Å². The van der Waals surface area contributed by atoms with E-state index in [-0.39, 0.29) is 16.9 Å². The third-order valence-corrected chi connectivity index (χ3v) is 2.80. The van der Waals surface area contributed by atoms with Gasteiger partial charge in [0.05, 0.1) is 5.69 Å². The monoisotopic (exact) mass is 231 g/mol. The van der Waals surface area contributed by atoms with Crippen LogP contribution in [0.15, 0.2) is 36.0 Å². The predicted molar refractivity (Wildman–Crippen MR) is 67.8 cm³/mol. The molecular weight excluding hydrogens is 214 g/mol. The number of para-hydroxylation sites is 2. The van der Waals surface area contributed by atoms with E-state index < -0.39 is 0 Å². The smallest absolute Gasteiger partial charge is 0.139 e. The van der Waals surface area contributed by atoms with E-state index in [0.717, 1.165) is 5.70 Å². The molecule has 90 valence electrons. The number of Topliss-reactive ketones (excluding diaryl/α,β-unsaturated/α-hetero) is 1. The fourth-order valence-corrected chi connectivity index (χ4v) is 2.19. The van der Waals surface area contributed by atoms with Crippen LogP contribution in [0.4, 0.5) is 5.69 Å². The molecule has 1 aliphatic rings. The van der Waals surface area contributed by atoms with Crippen LogP contribution in [0.2, 0.25) is 0 Å². The van der Waals surface area contributed by atoms with Crippen molar-refractivity contribution in [3.8, 4) is 5.75 Å². The molecule has 0 radical (unpaired) electrons. The average molecular weight is 231 g/mol. The Kier molecular flexibility index (Phi) is 2.92. The number of hydrogen-bond donors (Lipinski definition) is 2. The molecule has 0 spiro atoms. The fourth-order valence-electron chi connectivity index (χ4n) is 2.19.